The van der Waals surface area contributed by atoms with Crippen LogP contribution >= 0.6 is 11.6 Å². The Balaban J connectivity index is 1.44. The van der Waals surface area contributed by atoms with Crippen LogP contribution in [0, 0.1) is 0 Å². The van der Waals surface area contributed by atoms with Crippen LogP contribution in [0.2, 0.25) is 5.02 Å². The molecule has 4 rings (SSSR count). The van der Waals surface area contributed by atoms with Gasteiger partial charge in [0.25, 0.3) is 0 Å². The topological polar surface area (TPSA) is 79.5 Å². The van der Waals surface area contributed by atoms with Crippen LogP contribution in [0.1, 0.15) is 0 Å². The van der Waals surface area contributed by atoms with E-state index in [1.807, 2.05) is 12.1 Å². The third-order valence-electron chi connectivity index (χ3n) is 4.80. The molecule has 1 saturated heterocycles. The molecule has 3 aromatic rings. The van der Waals surface area contributed by atoms with Gasteiger partial charge in [-0.25, -0.2) is 4.98 Å². The van der Waals surface area contributed by atoms with Crippen molar-refractivity contribution in [3.05, 3.63) is 59.8 Å². The first-order chi connectivity index (χ1) is 14.1. The second-order valence-corrected chi connectivity index (χ2v) is 7.39. The number of piperazine rings is 1. The van der Waals surface area contributed by atoms with Crippen molar-refractivity contribution < 1.29 is 4.74 Å². The molecule has 0 aliphatic carbocycles. The highest BCUT2D eigenvalue weighted by Gasteiger charge is 2.14. The summed E-state index contributed by atoms with van der Waals surface area (Å²) in [5.41, 5.74) is 8.47. The molecule has 2 aromatic carbocycles. The van der Waals surface area contributed by atoms with E-state index in [-0.39, 0.29) is 5.88 Å². The van der Waals surface area contributed by atoms with Crippen LogP contribution < -0.4 is 20.7 Å². The molecule has 2 heterocycles. The Morgan fingerprint density at radius 3 is 2.38 bits per heavy atom. The molecule has 0 bridgehead atoms. The lowest BCUT2D eigenvalue weighted by Gasteiger charge is -2.34. The highest BCUT2D eigenvalue weighted by Crippen LogP contribution is 2.29. The summed E-state index contributed by atoms with van der Waals surface area (Å²) in [6.45, 7) is 4.23. The van der Waals surface area contributed by atoms with Gasteiger partial charge in [0, 0.05) is 43.2 Å². The number of rotatable bonds is 5. The third kappa shape index (κ3) is 4.88. The van der Waals surface area contributed by atoms with Gasteiger partial charge < -0.3 is 25.6 Å². The quantitative estimate of drug-likeness (QED) is 0.615. The molecule has 0 unspecified atom stereocenters. The molecule has 0 atom stereocenters. The van der Waals surface area contributed by atoms with Gasteiger partial charge in [0.15, 0.2) is 0 Å². The van der Waals surface area contributed by atoms with Crippen molar-refractivity contribution in [2.24, 2.45) is 0 Å². The predicted molar refractivity (Wildman–Crippen MR) is 117 cm³/mol. The molecule has 0 saturated carbocycles. The summed E-state index contributed by atoms with van der Waals surface area (Å²) in [5, 5.41) is 3.53. The van der Waals surface area contributed by atoms with Gasteiger partial charge in [-0.1, -0.05) is 11.6 Å². The van der Waals surface area contributed by atoms with E-state index in [4.69, 9.17) is 22.1 Å². The van der Waals surface area contributed by atoms with E-state index in [1.165, 1.54) is 11.9 Å². The van der Waals surface area contributed by atoms with Crippen LogP contribution in [-0.4, -0.2) is 48.1 Å². The number of nitrogens with one attached hydrogen (secondary N) is 1. The molecule has 1 aliphatic heterocycles. The number of hydrogen-bond donors (Lipinski definition) is 2. The molecule has 7 nitrogen and oxygen atoms in total. The van der Waals surface area contributed by atoms with Gasteiger partial charge in [-0.15, -0.1) is 0 Å². The van der Waals surface area contributed by atoms with Crippen LogP contribution in [0.25, 0.3) is 0 Å². The summed E-state index contributed by atoms with van der Waals surface area (Å²) in [6, 6.07) is 15.3. The summed E-state index contributed by atoms with van der Waals surface area (Å²) in [4.78, 5) is 13.4. The Labute approximate surface area is 175 Å². The van der Waals surface area contributed by atoms with Gasteiger partial charge in [0.1, 0.15) is 10.8 Å². The molecular formula is C21H23ClN6O. The van der Waals surface area contributed by atoms with Gasteiger partial charge >= 0.3 is 0 Å². The average Bonchev–Trinajstić information content (AvgIpc) is 2.73. The Morgan fingerprint density at radius 2 is 1.69 bits per heavy atom. The zero-order valence-electron chi connectivity index (χ0n) is 16.2. The van der Waals surface area contributed by atoms with Crippen molar-refractivity contribution in [3.8, 4) is 11.6 Å². The van der Waals surface area contributed by atoms with Crippen molar-refractivity contribution in [1.82, 2.24) is 14.9 Å². The van der Waals surface area contributed by atoms with Gasteiger partial charge in [-0.3, -0.25) is 0 Å². The fraction of sp³-hybridized carbons (Fsp3) is 0.238. The predicted octanol–water partition coefficient (Wildman–Crippen LogP) is 4.00. The van der Waals surface area contributed by atoms with Crippen LogP contribution in [0.15, 0.2) is 54.7 Å². The van der Waals surface area contributed by atoms with Crippen molar-refractivity contribution >= 4 is 34.6 Å². The van der Waals surface area contributed by atoms with E-state index in [1.54, 1.807) is 24.3 Å². The molecule has 1 aromatic heterocycles. The van der Waals surface area contributed by atoms with Gasteiger partial charge in [-0.2, -0.15) is 4.98 Å². The molecule has 0 spiro atoms. The lowest BCUT2D eigenvalue weighted by Crippen LogP contribution is -2.44. The Hall–Kier alpha value is -3.03. The van der Waals surface area contributed by atoms with Crippen molar-refractivity contribution in [2.75, 3.05) is 49.2 Å². The molecule has 29 heavy (non-hydrogen) atoms. The van der Waals surface area contributed by atoms with E-state index in [0.29, 0.717) is 22.4 Å². The van der Waals surface area contributed by atoms with E-state index < -0.39 is 0 Å². The number of nitrogen functional groups attached to an aromatic ring is 1. The minimum atomic E-state index is 0.281. The summed E-state index contributed by atoms with van der Waals surface area (Å²) < 4.78 is 5.76. The fourth-order valence-electron chi connectivity index (χ4n) is 3.08. The van der Waals surface area contributed by atoms with Crippen molar-refractivity contribution in [2.45, 2.75) is 0 Å². The number of likely N-dealkylation sites (N-methyl/N-ethyl adjacent to an activating group) is 1. The normalized spacial score (nSPS) is 14.6. The fourth-order valence-corrected chi connectivity index (χ4v) is 3.21. The smallest absolute Gasteiger partial charge is 0.243 e. The van der Waals surface area contributed by atoms with E-state index >= 15 is 0 Å². The molecule has 150 valence electrons. The summed E-state index contributed by atoms with van der Waals surface area (Å²) in [6.07, 6.45) is 1.52. The Morgan fingerprint density at radius 1 is 1.00 bits per heavy atom. The molecular weight excluding hydrogens is 388 g/mol. The zero-order chi connectivity index (χ0) is 20.2. The first kappa shape index (κ1) is 19.3. The summed E-state index contributed by atoms with van der Waals surface area (Å²) in [7, 11) is 2.15. The van der Waals surface area contributed by atoms with Crippen LogP contribution in [0.5, 0.6) is 11.6 Å². The Kier molecular flexibility index (Phi) is 5.69. The second-order valence-electron chi connectivity index (χ2n) is 6.98. The number of ether oxygens (including phenoxy) is 1. The maximum absolute atomic E-state index is 6.19. The second kappa shape index (κ2) is 8.55. The Bertz CT molecular complexity index is 956. The molecule has 1 fully saturated rings. The average molecular weight is 411 g/mol. The minimum Gasteiger partial charge on any atom is -0.437 e. The standard InChI is InChI=1S/C21H23ClN6O/c1-27-10-12-28(13-11-27)17-6-4-16(5-7-17)25-21-24-14-19(22)20(26-21)29-18-8-2-15(23)3-9-18/h2-9,14H,10-13,23H2,1H3,(H,24,25,26). The summed E-state index contributed by atoms with van der Waals surface area (Å²) in [5.74, 6) is 1.29. The number of hydrogen-bond acceptors (Lipinski definition) is 7. The largest absolute Gasteiger partial charge is 0.437 e. The number of halogens is 1. The molecule has 1 aliphatic rings. The van der Waals surface area contributed by atoms with Gasteiger partial charge in [0.2, 0.25) is 11.8 Å². The maximum atomic E-state index is 6.19. The monoisotopic (exact) mass is 410 g/mol. The first-order valence-electron chi connectivity index (χ1n) is 9.43. The summed E-state index contributed by atoms with van der Waals surface area (Å²) >= 11 is 6.19. The highest BCUT2D eigenvalue weighted by molar-refractivity contribution is 6.31. The lowest BCUT2D eigenvalue weighted by molar-refractivity contribution is 0.313. The van der Waals surface area contributed by atoms with E-state index in [0.717, 1.165) is 31.9 Å². The van der Waals surface area contributed by atoms with Gasteiger partial charge in [-0.05, 0) is 55.6 Å². The third-order valence-corrected chi connectivity index (χ3v) is 5.06. The van der Waals surface area contributed by atoms with E-state index in [2.05, 4.69) is 44.3 Å². The number of anilines is 4. The van der Waals surface area contributed by atoms with E-state index in [9.17, 15) is 0 Å². The number of aromatic nitrogens is 2. The molecule has 8 heteroatoms. The number of nitrogens with two attached hydrogens (primary N) is 1. The molecule has 0 radical (unpaired) electrons. The number of nitrogens with zero attached hydrogens (tertiary/aromatic N) is 4. The van der Waals surface area contributed by atoms with Crippen LogP contribution in [-0.2, 0) is 0 Å². The molecule has 0 amide bonds. The SMILES string of the molecule is CN1CCN(c2ccc(Nc3ncc(Cl)c(Oc4ccc(N)cc4)n3)cc2)CC1. The minimum absolute atomic E-state index is 0.281. The first-order valence-corrected chi connectivity index (χ1v) is 9.81. The highest BCUT2D eigenvalue weighted by atomic mass is 35.5. The molecule has 3 N–H and O–H groups in total. The lowest BCUT2D eigenvalue weighted by atomic mass is 10.2. The maximum Gasteiger partial charge on any atom is 0.243 e. The van der Waals surface area contributed by atoms with Crippen molar-refractivity contribution in [1.29, 1.82) is 0 Å². The zero-order valence-corrected chi connectivity index (χ0v) is 16.9. The number of benzene rings is 2. The van der Waals surface area contributed by atoms with Gasteiger partial charge in [0.05, 0.1) is 6.20 Å². The van der Waals surface area contributed by atoms with Crippen molar-refractivity contribution in [3.63, 3.8) is 0 Å². The van der Waals surface area contributed by atoms with Crippen LogP contribution in [0.3, 0.4) is 0 Å². The van der Waals surface area contributed by atoms with Crippen LogP contribution in [0.4, 0.5) is 23.0 Å².